The van der Waals surface area contributed by atoms with Gasteiger partial charge in [0.25, 0.3) is 0 Å². The van der Waals surface area contributed by atoms with Crippen LogP contribution in [0.1, 0.15) is 17.2 Å². The van der Waals surface area contributed by atoms with E-state index in [1.807, 2.05) is 0 Å². The molecule has 1 aromatic heterocycles. The zero-order valence-electron chi connectivity index (χ0n) is 10.7. The molecule has 0 aromatic carbocycles. The van der Waals surface area contributed by atoms with E-state index in [1.54, 1.807) is 0 Å². The summed E-state index contributed by atoms with van der Waals surface area (Å²) in [5.74, 6) is -4.69. The Morgan fingerprint density at radius 1 is 1.45 bits per heavy atom. The predicted octanol–water partition coefficient (Wildman–Crippen LogP) is 0.695. The number of carboxylic acid groups (broad SMARTS) is 1. The van der Waals surface area contributed by atoms with Crippen molar-refractivity contribution in [2.45, 2.75) is 12.1 Å². The number of alkyl halides is 3. The maximum Gasteiger partial charge on any atom is 0.433 e. The molecule has 1 fully saturated rings. The predicted molar refractivity (Wildman–Crippen MR) is 59.7 cm³/mol. The highest BCUT2D eigenvalue weighted by molar-refractivity contribution is 5.99. The van der Waals surface area contributed by atoms with Crippen molar-refractivity contribution in [3.8, 4) is 0 Å². The van der Waals surface area contributed by atoms with Gasteiger partial charge in [-0.05, 0) is 0 Å². The molecule has 0 radical (unpaired) electrons. The van der Waals surface area contributed by atoms with Crippen molar-refractivity contribution in [3.05, 3.63) is 17.5 Å². The first-order valence-corrected chi connectivity index (χ1v) is 5.71. The average molecular weight is 291 g/mol. The van der Waals surface area contributed by atoms with Gasteiger partial charge < -0.3 is 10.0 Å². The Balaban J connectivity index is 2.52. The summed E-state index contributed by atoms with van der Waals surface area (Å²) in [6, 6.07) is 0. The van der Waals surface area contributed by atoms with Crippen molar-refractivity contribution in [2.24, 2.45) is 13.0 Å². The third-order valence-electron chi connectivity index (χ3n) is 3.42. The molecule has 6 nitrogen and oxygen atoms in total. The Labute approximate surface area is 111 Å². The molecule has 1 N–H and O–H groups in total. The summed E-state index contributed by atoms with van der Waals surface area (Å²) < 4.78 is 39.7. The molecule has 1 aliphatic rings. The Morgan fingerprint density at radius 3 is 2.55 bits per heavy atom. The SMILES string of the molecule is CN1CC(c2cnn(C)c2C(F)(F)F)C(C(=O)O)C1=O. The smallest absolute Gasteiger partial charge is 0.433 e. The average Bonchev–Trinajstić information content (AvgIpc) is 2.80. The van der Waals surface area contributed by atoms with Crippen molar-refractivity contribution < 1.29 is 27.9 Å². The number of carbonyl (C=O) groups is 2. The summed E-state index contributed by atoms with van der Waals surface area (Å²) >= 11 is 0. The molecule has 0 bridgehead atoms. The molecule has 2 rings (SSSR count). The van der Waals surface area contributed by atoms with Crippen molar-refractivity contribution >= 4 is 11.9 Å². The molecule has 1 saturated heterocycles. The van der Waals surface area contributed by atoms with Gasteiger partial charge in [0.1, 0.15) is 11.6 Å². The molecule has 0 spiro atoms. The van der Waals surface area contributed by atoms with E-state index in [1.165, 1.54) is 7.05 Å². The minimum Gasteiger partial charge on any atom is -0.481 e. The molecule has 0 aliphatic carbocycles. The molecule has 2 heterocycles. The quantitative estimate of drug-likeness (QED) is 0.814. The van der Waals surface area contributed by atoms with Gasteiger partial charge in [0.2, 0.25) is 5.91 Å². The summed E-state index contributed by atoms with van der Waals surface area (Å²) in [5.41, 5.74) is -1.28. The molecule has 20 heavy (non-hydrogen) atoms. The number of hydrogen-bond donors (Lipinski definition) is 1. The lowest BCUT2D eigenvalue weighted by Crippen LogP contribution is -2.28. The van der Waals surface area contributed by atoms with Gasteiger partial charge in [-0.3, -0.25) is 14.3 Å². The zero-order chi connectivity index (χ0) is 15.2. The molecule has 1 amide bonds. The summed E-state index contributed by atoms with van der Waals surface area (Å²) in [6.45, 7) is -0.0788. The standard InChI is InChI=1S/C11H12F3N3O3/c1-16-4-6(7(9(16)18)10(19)20)5-3-15-17(2)8(5)11(12,13)14/h3,6-7H,4H2,1-2H3,(H,19,20). The number of likely N-dealkylation sites (N-methyl/N-ethyl adjacent to an activating group) is 1. The number of halogens is 3. The van der Waals surface area contributed by atoms with Crippen LogP contribution in [0.5, 0.6) is 0 Å². The van der Waals surface area contributed by atoms with Crippen LogP contribution >= 0.6 is 0 Å². The number of carboxylic acids is 1. The third-order valence-corrected chi connectivity index (χ3v) is 3.42. The minimum atomic E-state index is -4.66. The van der Waals surface area contributed by atoms with E-state index in [0.29, 0.717) is 4.68 Å². The Morgan fingerprint density at radius 2 is 2.05 bits per heavy atom. The summed E-state index contributed by atoms with van der Waals surface area (Å²) in [6.07, 6.45) is -3.68. The van der Waals surface area contributed by atoms with E-state index in [-0.39, 0.29) is 12.1 Å². The van der Waals surface area contributed by atoms with Crippen LogP contribution in [0.2, 0.25) is 0 Å². The van der Waals surface area contributed by atoms with E-state index < -0.39 is 35.6 Å². The third kappa shape index (κ3) is 2.12. The van der Waals surface area contributed by atoms with E-state index >= 15 is 0 Å². The molecule has 2 unspecified atom stereocenters. The van der Waals surface area contributed by atoms with Crippen LogP contribution in [0.4, 0.5) is 13.2 Å². The first kappa shape index (κ1) is 14.4. The number of likely N-dealkylation sites (tertiary alicyclic amines) is 1. The van der Waals surface area contributed by atoms with E-state index in [2.05, 4.69) is 5.10 Å². The van der Waals surface area contributed by atoms with Crippen LogP contribution in [0, 0.1) is 5.92 Å². The number of hydrogen-bond acceptors (Lipinski definition) is 3. The number of aromatic nitrogens is 2. The maximum atomic E-state index is 13.0. The fourth-order valence-corrected chi connectivity index (χ4v) is 2.53. The summed E-state index contributed by atoms with van der Waals surface area (Å²) in [7, 11) is 2.49. The van der Waals surface area contributed by atoms with Gasteiger partial charge in [-0.15, -0.1) is 0 Å². The lowest BCUT2D eigenvalue weighted by Gasteiger charge is -2.16. The zero-order valence-corrected chi connectivity index (χ0v) is 10.7. The molecule has 1 aliphatic heterocycles. The van der Waals surface area contributed by atoms with Gasteiger partial charge in [-0.25, -0.2) is 0 Å². The van der Waals surface area contributed by atoms with Gasteiger partial charge in [-0.1, -0.05) is 0 Å². The topological polar surface area (TPSA) is 75.4 Å². The minimum absolute atomic E-state index is 0.0788. The van der Waals surface area contributed by atoms with E-state index in [4.69, 9.17) is 5.11 Å². The highest BCUT2D eigenvalue weighted by Crippen LogP contribution is 2.40. The highest BCUT2D eigenvalue weighted by atomic mass is 19.4. The van der Waals surface area contributed by atoms with Crippen molar-refractivity contribution in [1.29, 1.82) is 0 Å². The molecule has 2 atom stereocenters. The normalized spacial score (nSPS) is 23.4. The summed E-state index contributed by atoms with van der Waals surface area (Å²) in [4.78, 5) is 24.0. The number of aliphatic carboxylic acids is 1. The molecule has 0 saturated carbocycles. The summed E-state index contributed by atoms with van der Waals surface area (Å²) in [5, 5.41) is 12.6. The van der Waals surface area contributed by atoms with Crippen molar-refractivity contribution in [3.63, 3.8) is 0 Å². The van der Waals surface area contributed by atoms with E-state index in [0.717, 1.165) is 18.1 Å². The first-order chi connectivity index (χ1) is 9.14. The largest absolute Gasteiger partial charge is 0.481 e. The molecule has 110 valence electrons. The Kier molecular flexibility index (Phi) is 3.23. The monoisotopic (exact) mass is 291 g/mol. The number of aryl methyl sites for hydroxylation is 1. The molecule has 9 heteroatoms. The van der Waals surface area contributed by atoms with Gasteiger partial charge in [0, 0.05) is 32.1 Å². The second-order valence-corrected chi connectivity index (χ2v) is 4.71. The fraction of sp³-hybridized carbons (Fsp3) is 0.545. The van der Waals surface area contributed by atoms with Crippen LogP contribution in [0.15, 0.2) is 6.20 Å². The Bertz CT molecular complexity index is 567. The van der Waals surface area contributed by atoms with Crippen LogP contribution in [-0.2, 0) is 22.8 Å². The van der Waals surface area contributed by atoms with Crippen LogP contribution in [0.3, 0.4) is 0 Å². The van der Waals surface area contributed by atoms with Crippen LogP contribution < -0.4 is 0 Å². The van der Waals surface area contributed by atoms with E-state index in [9.17, 15) is 22.8 Å². The van der Waals surface area contributed by atoms with Crippen LogP contribution in [0.25, 0.3) is 0 Å². The highest BCUT2D eigenvalue weighted by Gasteiger charge is 2.49. The number of amides is 1. The van der Waals surface area contributed by atoms with Gasteiger partial charge in [0.05, 0.1) is 6.20 Å². The second kappa shape index (κ2) is 4.50. The molecule has 1 aromatic rings. The van der Waals surface area contributed by atoms with Crippen LogP contribution in [-0.4, -0.2) is 45.3 Å². The second-order valence-electron chi connectivity index (χ2n) is 4.71. The molecular weight excluding hydrogens is 279 g/mol. The van der Waals surface area contributed by atoms with Gasteiger partial charge in [0.15, 0.2) is 0 Å². The Hall–Kier alpha value is -2.06. The number of rotatable bonds is 2. The van der Waals surface area contributed by atoms with Crippen molar-refractivity contribution in [2.75, 3.05) is 13.6 Å². The van der Waals surface area contributed by atoms with Gasteiger partial charge in [-0.2, -0.15) is 18.3 Å². The lowest BCUT2D eigenvalue weighted by molar-refractivity contribution is -0.149. The number of nitrogens with zero attached hydrogens (tertiary/aromatic N) is 3. The fourth-order valence-electron chi connectivity index (χ4n) is 2.53. The number of carbonyl (C=O) groups excluding carboxylic acids is 1. The lowest BCUT2D eigenvalue weighted by atomic mass is 9.88. The van der Waals surface area contributed by atoms with Gasteiger partial charge >= 0.3 is 12.1 Å². The maximum absolute atomic E-state index is 13.0. The van der Waals surface area contributed by atoms with Crippen molar-refractivity contribution in [1.82, 2.24) is 14.7 Å². The molecular formula is C11H12F3N3O3. The first-order valence-electron chi connectivity index (χ1n) is 5.71.